The molecule has 1 amide bonds. The zero-order valence-corrected chi connectivity index (χ0v) is 13.8. The van der Waals surface area contributed by atoms with E-state index in [9.17, 15) is 4.79 Å². The molecule has 2 N–H and O–H groups in total. The fourth-order valence-electron chi connectivity index (χ4n) is 3.81. The number of carbonyl (C=O) groups excluding carboxylic acids is 1. The van der Waals surface area contributed by atoms with E-state index in [1.807, 2.05) is 4.57 Å². The summed E-state index contributed by atoms with van der Waals surface area (Å²) in [5.74, 6) is 0.725. The maximum absolute atomic E-state index is 12.1. The molecule has 7 nitrogen and oxygen atoms in total. The minimum atomic E-state index is -0.117. The summed E-state index contributed by atoms with van der Waals surface area (Å²) >= 11 is 0. The molecule has 0 aliphatic heterocycles. The topological polar surface area (TPSA) is 84.7 Å². The fourth-order valence-corrected chi connectivity index (χ4v) is 3.81. The maximum atomic E-state index is 12.1. The van der Waals surface area contributed by atoms with Crippen LogP contribution in [0, 0.1) is 5.92 Å². The molecular formula is C17H22N6O. The average molecular weight is 326 g/mol. The number of nitrogens with zero attached hydrogens (tertiary/aromatic N) is 4. The number of carbonyl (C=O) groups is 1. The Bertz CT molecular complexity index is 776. The number of allylic oxidation sites excluding steroid dienone is 2. The minimum absolute atomic E-state index is 0.0465. The number of nitrogens with one attached hydrogen (secondary N) is 2. The van der Waals surface area contributed by atoms with E-state index in [1.165, 1.54) is 25.7 Å². The van der Waals surface area contributed by atoms with E-state index in [4.69, 9.17) is 0 Å². The van der Waals surface area contributed by atoms with E-state index < -0.39 is 0 Å². The second-order valence-corrected chi connectivity index (χ2v) is 6.55. The van der Waals surface area contributed by atoms with E-state index >= 15 is 0 Å². The lowest BCUT2D eigenvalue weighted by molar-refractivity contribution is -0.125. The minimum Gasteiger partial charge on any atom is -0.365 e. The third-order valence-electron chi connectivity index (χ3n) is 5.09. The van der Waals surface area contributed by atoms with Gasteiger partial charge in [-0.25, -0.2) is 15.0 Å². The number of aromatic nitrogens is 4. The predicted octanol–water partition coefficient (Wildman–Crippen LogP) is 2.04. The summed E-state index contributed by atoms with van der Waals surface area (Å²) in [6.45, 7) is 0. The zero-order valence-electron chi connectivity index (χ0n) is 13.8. The van der Waals surface area contributed by atoms with Crippen LogP contribution in [-0.2, 0) is 4.79 Å². The van der Waals surface area contributed by atoms with Gasteiger partial charge in [-0.05, 0) is 19.3 Å². The predicted molar refractivity (Wildman–Crippen MR) is 91.6 cm³/mol. The van der Waals surface area contributed by atoms with Crippen molar-refractivity contribution in [2.75, 3.05) is 12.4 Å². The Morgan fingerprint density at radius 3 is 2.88 bits per heavy atom. The molecule has 2 aromatic rings. The van der Waals surface area contributed by atoms with Gasteiger partial charge in [0.25, 0.3) is 0 Å². The normalized spacial score (nSPS) is 23.9. The van der Waals surface area contributed by atoms with Crippen LogP contribution in [0.15, 0.2) is 24.8 Å². The second kappa shape index (κ2) is 6.22. The van der Waals surface area contributed by atoms with Crippen molar-refractivity contribution >= 4 is 22.9 Å². The van der Waals surface area contributed by atoms with Crippen molar-refractivity contribution in [1.82, 2.24) is 24.8 Å². The fraction of sp³-hybridized carbons (Fsp3) is 0.529. The Morgan fingerprint density at radius 2 is 2.08 bits per heavy atom. The van der Waals surface area contributed by atoms with Gasteiger partial charge in [0, 0.05) is 13.1 Å². The van der Waals surface area contributed by atoms with Gasteiger partial charge in [-0.1, -0.05) is 25.0 Å². The highest BCUT2D eigenvalue weighted by atomic mass is 16.1. The number of rotatable bonds is 4. The molecule has 2 aliphatic rings. The molecule has 7 heteroatoms. The Kier molecular flexibility index (Phi) is 3.92. The van der Waals surface area contributed by atoms with Gasteiger partial charge < -0.3 is 15.2 Å². The van der Waals surface area contributed by atoms with Crippen molar-refractivity contribution < 1.29 is 4.79 Å². The van der Waals surface area contributed by atoms with Crippen LogP contribution in [-0.4, -0.2) is 38.5 Å². The molecule has 2 heterocycles. The zero-order chi connectivity index (χ0) is 16.5. The van der Waals surface area contributed by atoms with Crippen LogP contribution in [0.4, 0.5) is 5.82 Å². The molecule has 0 spiro atoms. The molecule has 0 radical (unpaired) electrons. The number of fused-ring (bicyclic) bond motifs is 1. The van der Waals surface area contributed by atoms with Gasteiger partial charge in [-0.3, -0.25) is 4.79 Å². The standard InChI is InChI=1S/C17H22N6O/c1-18-17(24)12-7-4-8-13(12)23-10-21-14-15(19-9-20-16(14)23)22-11-5-2-3-6-11/h4,8-13H,2-3,5-7H2,1H3,(H,18,24)(H,19,20,22). The number of hydrogen-bond acceptors (Lipinski definition) is 5. The second-order valence-electron chi connectivity index (χ2n) is 6.55. The highest BCUT2D eigenvalue weighted by molar-refractivity contribution is 5.84. The van der Waals surface area contributed by atoms with Crippen molar-refractivity contribution in [3.63, 3.8) is 0 Å². The molecule has 2 aromatic heterocycles. The Hall–Kier alpha value is -2.44. The van der Waals surface area contributed by atoms with Crippen molar-refractivity contribution in [1.29, 1.82) is 0 Å². The van der Waals surface area contributed by atoms with E-state index in [2.05, 4.69) is 37.7 Å². The van der Waals surface area contributed by atoms with Gasteiger partial charge in [0.15, 0.2) is 11.5 Å². The monoisotopic (exact) mass is 326 g/mol. The highest BCUT2D eigenvalue weighted by Gasteiger charge is 2.31. The number of imidazole rings is 1. The first-order chi connectivity index (χ1) is 11.8. The lowest BCUT2D eigenvalue weighted by Gasteiger charge is -2.19. The summed E-state index contributed by atoms with van der Waals surface area (Å²) in [6.07, 6.45) is 13.1. The number of anilines is 1. The largest absolute Gasteiger partial charge is 0.365 e. The molecule has 0 bridgehead atoms. The quantitative estimate of drug-likeness (QED) is 0.840. The first-order valence-corrected chi connectivity index (χ1v) is 8.60. The van der Waals surface area contributed by atoms with Crippen LogP contribution < -0.4 is 10.6 Å². The summed E-state index contributed by atoms with van der Waals surface area (Å²) in [5.41, 5.74) is 1.55. The van der Waals surface area contributed by atoms with Crippen LogP contribution >= 0.6 is 0 Å². The van der Waals surface area contributed by atoms with Gasteiger partial charge in [0.1, 0.15) is 11.8 Å². The van der Waals surface area contributed by atoms with E-state index in [-0.39, 0.29) is 17.9 Å². The molecule has 2 unspecified atom stereocenters. The van der Waals surface area contributed by atoms with Gasteiger partial charge >= 0.3 is 0 Å². The molecule has 0 aromatic carbocycles. The van der Waals surface area contributed by atoms with E-state index in [0.29, 0.717) is 6.04 Å². The summed E-state index contributed by atoms with van der Waals surface area (Å²) in [5, 5.41) is 6.26. The molecule has 1 fully saturated rings. The Morgan fingerprint density at radius 1 is 1.25 bits per heavy atom. The van der Waals surface area contributed by atoms with Crippen molar-refractivity contribution in [2.45, 2.75) is 44.2 Å². The van der Waals surface area contributed by atoms with Crippen LogP contribution in [0.25, 0.3) is 11.2 Å². The van der Waals surface area contributed by atoms with Gasteiger partial charge in [0.2, 0.25) is 5.91 Å². The first-order valence-electron chi connectivity index (χ1n) is 8.60. The smallest absolute Gasteiger partial charge is 0.225 e. The van der Waals surface area contributed by atoms with Crippen LogP contribution in [0.3, 0.4) is 0 Å². The summed E-state index contributed by atoms with van der Waals surface area (Å²) in [6, 6.07) is 0.419. The molecule has 24 heavy (non-hydrogen) atoms. The van der Waals surface area contributed by atoms with Gasteiger partial charge in [-0.15, -0.1) is 0 Å². The van der Waals surface area contributed by atoms with Crippen molar-refractivity contribution in [3.8, 4) is 0 Å². The molecule has 126 valence electrons. The van der Waals surface area contributed by atoms with Gasteiger partial charge in [-0.2, -0.15) is 0 Å². The number of amides is 1. The molecule has 1 saturated carbocycles. The number of hydrogen-bond donors (Lipinski definition) is 2. The van der Waals surface area contributed by atoms with E-state index in [1.54, 1.807) is 19.7 Å². The average Bonchev–Trinajstić information content (AvgIpc) is 3.33. The van der Waals surface area contributed by atoms with Crippen molar-refractivity contribution in [2.24, 2.45) is 5.92 Å². The Labute approximate surface area is 140 Å². The third kappa shape index (κ3) is 2.53. The molecule has 0 saturated heterocycles. The molecular weight excluding hydrogens is 304 g/mol. The van der Waals surface area contributed by atoms with Crippen LogP contribution in [0.2, 0.25) is 0 Å². The van der Waals surface area contributed by atoms with Crippen molar-refractivity contribution in [3.05, 3.63) is 24.8 Å². The van der Waals surface area contributed by atoms with Crippen LogP contribution in [0.1, 0.15) is 38.1 Å². The van der Waals surface area contributed by atoms with Gasteiger partial charge in [0.05, 0.1) is 18.3 Å². The first kappa shape index (κ1) is 15.1. The maximum Gasteiger partial charge on any atom is 0.225 e. The molecule has 2 aliphatic carbocycles. The highest BCUT2D eigenvalue weighted by Crippen LogP contribution is 2.33. The lowest BCUT2D eigenvalue weighted by atomic mass is 10.0. The third-order valence-corrected chi connectivity index (χ3v) is 5.09. The van der Waals surface area contributed by atoms with Crippen LogP contribution in [0.5, 0.6) is 0 Å². The molecule has 2 atom stereocenters. The molecule has 4 rings (SSSR count). The van der Waals surface area contributed by atoms with E-state index in [0.717, 1.165) is 23.4 Å². The SMILES string of the molecule is CNC(=O)C1CC=CC1n1cnc2c(NC3CCCC3)ncnc21. The lowest BCUT2D eigenvalue weighted by Crippen LogP contribution is -2.31. The summed E-state index contributed by atoms with van der Waals surface area (Å²) in [7, 11) is 1.68. The Balaban J connectivity index is 1.67. The summed E-state index contributed by atoms with van der Waals surface area (Å²) < 4.78 is 1.99. The summed E-state index contributed by atoms with van der Waals surface area (Å²) in [4.78, 5) is 25.5.